The van der Waals surface area contributed by atoms with E-state index >= 15 is 0 Å². The number of anilines is 1. The van der Waals surface area contributed by atoms with Crippen LogP contribution in [0.3, 0.4) is 0 Å². The molecule has 1 aliphatic rings. The molecule has 5 heteroatoms. The second-order valence-electron chi connectivity index (χ2n) is 5.02. The molecule has 1 aromatic carbocycles. The molecule has 2 atom stereocenters. The van der Waals surface area contributed by atoms with Crippen molar-refractivity contribution in [1.29, 1.82) is 0 Å². The minimum absolute atomic E-state index is 0.00222. The first-order chi connectivity index (χ1) is 8.97. The van der Waals surface area contributed by atoms with Crippen molar-refractivity contribution in [3.05, 3.63) is 28.8 Å². The number of aliphatic hydroxyl groups excluding tert-OH is 1. The molecule has 0 bridgehead atoms. The maximum absolute atomic E-state index is 11.0. The van der Waals surface area contributed by atoms with E-state index in [1.54, 1.807) is 13.0 Å². The van der Waals surface area contributed by atoms with Crippen LogP contribution in [0.5, 0.6) is 0 Å². The summed E-state index contributed by atoms with van der Waals surface area (Å²) >= 11 is 6.27. The van der Waals surface area contributed by atoms with E-state index in [4.69, 9.17) is 11.6 Å². The number of amides is 1. The van der Waals surface area contributed by atoms with Gasteiger partial charge in [0.1, 0.15) is 0 Å². The van der Waals surface area contributed by atoms with Crippen LogP contribution in [0.1, 0.15) is 31.9 Å². The summed E-state index contributed by atoms with van der Waals surface area (Å²) in [7, 11) is 0. The summed E-state index contributed by atoms with van der Waals surface area (Å²) in [6, 6.07) is 5.80. The number of rotatable bonds is 3. The second kappa shape index (κ2) is 5.80. The maximum atomic E-state index is 11.0. The Morgan fingerprint density at radius 2 is 2.32 bits per heavy atom. The van der Waals surface area contributed by atoms with Gasteiger partial charge in [-0.25, -0.2) is 0 Å². The summed E-state index contributed by atoms with van der Waals surface area (Å²) in [4.78, 5) is 13.2. The highest BCUT2D eigenvalue weighted by atomic mass is 35.5. The van der Waals surface area contributed by atoms with E-state index in [0.717, 1.165) is 30.8 Å². The summed E-state index contributed by atoms with van der Waals surface area (Å²) in [5, 5.41) is 13.1. The first kappa shape index (κ1) is 14.2. The lowest BCUT2D eigenvalue weighted by Gasteiger charge is -2.21. The molecular formula is C14H19ClN2O2. The summed E-state index contributed by atoms with van der Waals surface area (Å²) in [6.45, 7) is 4.90. The molecule has 2 N–H and O–H groups in total. The lowest BCUT2D eigenvalue weighted by atomic mass is 10.1. The molecule has 1 aliphatic heterocycles. The first-order valence-electron chi connectivity index (χ1n) is 6.47. The Morgan fingerprint density at radius 3 is 2.89 bits per heavy atom. The Labute approximate surface area is 118 Å². The van der Waals surface area contributed by atoms with Crippen LogP contribution < -0.4 is 10.2 Å². The molecule has 4 nitrogen and oxygen atoms in total. The van der Waals surface area contributed by atoms with Crippen molar-refractivity contribution in [3.8, 4) is 0 Å². The highest BCUT2D eigenvalue weighted by Crippen LogP contribution is 2.31. The zero-order valence-electron chi connectivity index (χ0n) is 11.2. The summed E-state index contributed by atoms with van der Waals surface area (Å²) in [5.74, 6) is 0.00222. The number of nitrogens with one attached hydrogen (secondary N) is 1. The number of carbonyl (C=O) groups excluding carboxylic acids is 1. The van der Waals surface area contributed by atoms with E-state index in [0.29, 0.717) is 5.02 Å². The molecule has 1 saturated heterocycles. The molecule has 0 spiro atoms. The zero-order chi connectivity index (χ0) is 14.0. The molecule has 1 aromatic rings. The number of aliphatic hydroxyl groups is 1. The predicted octanol–water partition coefficient (Wildman–Crippen LogP) is 2.11. The number of hydrogen-bond donors (Lipinski definition) is 2. The molecule has 104 valence electrons. The third-order valence-electron chi connectivity index (χ3n) is 3.39. The minimum Gasteiger partial charge on any atom is -0.389 e. The number of nitrogens with zero attached hydrogens (tertiary/aromatic N) is 1. The molecule has 19 heavy (non-hydrogen) atoms. The predicted molar refractivity (Wildman–Crippen MR) is 76.5 cm³/mol. The van der Waals surface area contributed by atoms with Crippen molar-refractivity contribution in [2.75, 3.05) is 18.0 Å². The van der Waals surface area contributed by atoms with Crippen molar-refractivity contribution in [1.82, 2.24) is 5.32 Å². The van der Waals surface area contributed by atoms with Gasteiger partial charge in [0.2, 0.25) is 5.91 Å². The molecule has 0 aromatic heterocycles. The van der Waals surface area contributed by atoms with Gasteiger partial charge in [0.15, 0.2) is 0 Å². The normalized spacial score (nSPS) is 20.4. The Morgan fingerprint density at radius 1 is 1.58 bits per heavy atom. The van der Waals surface area contributed by atoms with Gasteiger partial charge >= 0.3 is 0 Å². The van der Waals surface area contributed by atoms with Gasteiger partial charge in [0.25, 0.3) is 0 Å². The molecule has 1 heterocycles. The van der Waals surface area contributed by atoms with Crippen molar-refractivity contribution in [2.45, 2.75) is 32.4 Å². The first-order valence-corrected chi connectivity index (χ1v) is 6.84. The Balaban J connectivity index is 2.09. The smallest absolute Gasteiger partial charge is 0.217 e. The molecule has 1 fully saturated rings. The third-order valence-corrected chi connectivity index (χ3v) is 3.69. The van der Waals surface area contributed by atoms with Crippen LogP contribution in [-0.4, -0.2) is 30.1 Å². The highest BCUT2D eigenvalue weighted by molar-refractivity contribution is 6.33. The quantitative estimate of drug-likeness (QED) is 0.893. The van der Waals surface area contributed by atoms with E-state index in [-0.39, 0.29) is 11.9 Å². The Hall–Kier alpha value is -1.26. The zero-order valence-corrected chi connectivity index (χ0v) is 11.9. The lowest BCUT2D eigenvalue weighted by Crippen LogP contribution is -2.35. The Bertz CT molecular complexity index is 477. The molecule has 0 saturated carbocycles. The molecule has 1 amide bonds. The van der Waals surface area contributed by atoms with Crippen LogP contribution in [0, 0.1) is 0 Å². The number of hydrogen-bond acceptors (Lipinski definition) is 3. The van der Waals surface area contributed by atoms with Gasteiger partial charge in [-0.05, 0) is 31.0 Å². The van der Waals surface area contributed by atoms with Gasteiger partial charge in [-0.15, -0.1) is 0 Å². The molecule has 2 rings (SSSR count). The monoisotopic (exact) mass is 282 g/mol. The number of carbonyl (C=O) groups is 1. The molecule has 1 unspecified atom stereocenters. The van der Waals surface area contributed by atoms with Crippen molar-refractivity contribution >= 4 is 23.2 Å². The molecular weight excluding hydrogens is 264 g/mol. The van der Waals surface area contributed by atoms with Crippen molar-refractivity contribution in [2.24, 2.45) is 0 Å². The van der Waals surface area contributed by atoms with Crippen LogP contribution >= 0.6 is 11.6 Å². The highest BCUT2D eigenvalue weighted by Gasteiger charge is 2.24. The van der Waals surface area contributed by atoms with Crippen LogP contribution in [0.15, 0.2) is 18.2 Å². The van der Waals surface area contributed by atoms with E-state index in [2.05, 4.69) is 10.2 Å². The summed E-state index contributed by atoms with van der Waals surface area (Å²) in [6.07, 6.45) is 0.408. The van der Waals surface area contributed by atoms with Crippen LogP contribution in [0.4, 0.5) is 5.69 Å². The van der Waals surface area contributed by atoms with Gasteiger partial charge in [-0.1, -0.05) is 17.7 Å². The third kappa shape index (κ3) is 3.39. The largest absolute Gasteiger partial charge is 0.389 e. The molecule has 0 radical (unpaired) electrons. The fraction of sp³-hybridized carbons (Fsp3) is 0.500. The van der Waals surface area contributed by atoms with Gasteiger partial charge in [-0.3, -0.25) is 4.79 Å². The topological polar surface area (TPSA) is 52.6 Å². The van der Waals surface area contributed by atoms with E-state index in [1.807, 2.05) is 12.1 Å². The molecule has 0 aliphatic carbocycles. The van der Waals surface area contributed by atoms with Gasteiger partial charge in [0, 0.05) is 26.1 Å². The van der Waals surface area contributed by atoms with E-state index < -0.39 is 6.10 Å². The maximum Gasteiger partial charge on any atom is 0.217 e. The van der Waals surface area contributed by atoms with Crippen molar-refractivity contribution in [3.63, 3.8) is 0 Å². The average molecular weight is 283 g/mol. The van der Waals surface area contributed by atoms with Gasteiger partial charge in [-0.2, -0.15) is 0 Å². The van der Waals surface area contributed by atoms with Crippen LogP contribution in [0.25, 0.3) is 0 Å². The average Bonchev–Trinajstić information content (AvgIpc) is 2.76. The lowest BCUT2D eigenvalue weighted by molar-refractivity contribution is -0.119. The fourth-order valence-corrected chi connectivity index (χ4v) is 2.73. The second-order valence-corrected chi connectivity index (χ2v) is 5.43. The van der Waals surface area contributed by atoms with Crippen LogP contribution in [0.2, 0.25) is 5.02 Å². The standard InChI is InChI=1S/C14H19ClN2O2/c1-9(18)11-3-4-14(13(15)7-11)17-6-5-12(8-17)16-10(2)19/h3-4,7,9,12,18H,5-6,8H2,1-2H3,(H,16,19)/t9-,12?/m1/s1. The van der Waals surface area contributed by atoms with Crippen LogP contribution in [-0.2, 0) is 4.79 Å². The van der Waals surface area contributed by atoms with E-state index in [9.17, 15) is 9.90 Å². The summed E-state index contributed by atoms with van der Waals surface area (Å²) < 4.78 is 0. The minimum atomic E-state index is -0.516. The fourth-order valence-electron chi connectivity index (χ4n) is 2.42. The SMILES string of the molecule is CC(=O)NC1CCN(c2ccc([C@@H](C)O)cc2Cl)C1. The van der Waals surface area contributed by atoms with Gasteiger partial charge in [0.05, 0.1) is 16.8 Å². The van der Waals surface area contributed by atoms with E-state index in [1.165, 1.54) is 6.92 Å². The van der Waals surface area contributed by atoms with Crippen molar-refractivity contribution < 1.29 is 9.90 Å². The number of halogens is 1. The summed E-state index contributed by atoms with van der Waals surface area (Å²) in [5.41, 5.74) is 1.77. The Kier molecular flexibility index (Phi) is 4.32. The van der Waals surface area contributed by atoms with Gasteiger partial charge < -0.3 is 15.3 Å². The number of benzene rings is 1.